The van der Waals surface area contributed by atoms with Crippen molar-refractivity contribution in [2.75, 3.05) is 7.11 Å². The van der Waals surface area contributed by atoms with Crippen molar-refractivity contribution in [2.24, 2.45) is 0 Å². The van der Waals surface area contributed by atoms with E-state index in [9.17, 15) is 10.1 Å². The molecule has 0 radical (unpaired) electrons. The van der Waals surface area contributed by atoms with E-state index in [2.05, 4.69) is 44.6 Å². The smallest absolute Gasteiger partial charge is 0.185 e. The highest BCUT2D eigenvalue weighted by atomic mass is 127. The molecule has 0 saturated carbocycles. The number of carbonyl (C=O) groups is 1. The fourth-order valence-electron chi connectivity index (χ4n) is 2.02. The third-order valence-corrected chi connectivity index (χ3v) is 4.40. The molecule has 0 heterocycles. The molecule has 0 bridgehead atoms. The van der Waals surface area contributed by atoms with Gasteiger partial charge in [-0.2, -0.15) is 5.26 Å². The second kappa shape index (κ2) is 7.05. The molecule has 0 saturated heterocycles. The second-order valence-electron chi connectivity index (χ2n) is 4.29. The molecule has 21 heavy (non-hydrogen) atoms. The van der Waals surface area contributed by atoms with E-state index in [-0.39, 0.29) is 5.78 Å². The maximum atomic E-state index is 12.7. The van der Waals surface area contributed by atoms with Crippen LogP contribution < -0.4 is 4.74 Å². The third-order valence-electron chi connectivity index (χ3n) is 3.04. The summed E-state index contributed by atoms with van der Waals surface area (Å²) in [7, 11) is 1.53. The van der Waals surface area contributed by atoms with Crippen LogP contribution in [-0.4, -0.2) is 12.9 Å². The largest absolute Gasteiger partial charge is 0.496 e. The summed E-state index contributed by atoms with van der Waals surface area (Å²) in [6.45, 7) is 0. The number of ether oxygens (including phenoxy) is 1. The molecule has 0 aliphatic rings. The Bertz CT molecular complexity index is 724. The van der Waals surface area contributed by atoms with Crippen molar-refractivity contribution >= 4 is 44.3 Å². The minimum atomic E-state index is -0.893. The van der Waals surface area contributed by atoms with Crippen LogP contribution in [0.5, 0.6) is 5.75 Å². The van der Waals surface area contributed by atoms with Gasteiger partial charge in [-0.15, -0.1) is 0 Å². The van der Waals surface area contributed by atoms with Gasteiger partial charge in [-0.25, -0.2) is 0 Å². The van der Waals surface area contributed by atoms with Gasteiger partial charge in [0, 0.05) is 19.2 Å². The Morgan fingerprint density at radius 2 is 2.05 bits per heavy atom. The Morgan fingerprint density at radius 3 is 2.71 bits per heavy atom. The topological polar surface area (TPSA) is 50.1 Å². The van der Waals surface area contributed by atoms with Crippen LogP contribution in [0.15, 0.2) is 46.9 Å². The molecule has 0 spiro atoms. The number of Topliss-reactive ketones (excluding diaryl/α,β-unsaturated/α-hetero) is 1. The number of nitrogens with zero attached hydrogens (tertiary/aromatic N) is 1. The number of methoxy groups -OCH3 is 1. The molecule has 1 atom stereocenters. The lowest BCUT2D eigenvalue weighted by atomic mass is 9.91. The van der Waals surface area contributed by atoms with Crippen LogP contribution in [0, 0.1) is 14.9 Å². The number of rotatable bonds is 4. The average Bonchev–Trinajstić information content (AvgIpc) is 2.50. The fraction of sp³-hybridized carbons (Fsp3) is 0.125. The normalized spacial score (nSPS) is 11.5. The van der Waals surface area contributed by atoms with E-state index in [1.54, 1.807) is 24.3 Å². The second-order valence-corrected chi connectivity index (χ2v) is 6.39. The van der Waals surface area contributed by atoms with Gasteiger partial charge in [-0.3, -0.25) is 4.79 Å². The lowest BCUT2D eigenvalue weighted by Gasteiger charge is -2.13. The Kier molecular flexibility index (Phi) is 5.37. The summed E-state index contributed by atoms with van der Waals surface area (Å²) in [5.41, 5.74) is 1.08. The summed E-state index contributed by atoms with van der Waals surface area (Å²) >= 11 is 5.51. The lowest BCUT2D eigenvalue weighted by molar-refractivity contribution is 0.0977. The van der Waals surface area contributed by atoms with E-state index in [0.717, 1.165) is 3.57 Å². The third kappa shape index (κ3) is 3.44. The number of hydrogen-bond donors (Lipinski definition) is 0. The van der Waals surface area contributed by atoms with Crippen LogP contribution in [0.4, 0.5) is 0 Å². The zero-order chi connectivity index (χ0) is 15.4. The zero-order valence-corrected chi connectivity index (χ0v) is 14.9. The van der Waals surface area contributed by atoms with E-state index >= 15 is 0 Å². The first-order valence-corrected chi connectivity index (χ1v) is 7.97. The molecular weight excluding hydrogens is 445 g/mol. The fourth-order valence-corrected chi connectivity index (χ4v) is 2.95. The molecule has 0 aliphatic carbocycles. The maximum absolute atomic E-state index is 12.7. The molecule has 0 amide bonds. The summed E-state index contributed by atoms with van der Waals surface area (Å²) in [5, 5.41) is 9.45. The van der Waals surface area contributed by atoms with E-state index in [1.807, 2.05) is 18.2 Å². The van der Waals surface area contributed by atoms with Crippen LogP contribution in [0.2, 0.25) is 0 Å². The highest BCUT2D eigenvalue weighted by Gasteiger charge is 2.26. The van der Waals surface area contributed by atoms with Crippen LogP contribution in [0.3, 0.4) is 0 Å². The standard InChI is InChI=1S/C16H11BrINO2/c1-21-15-5-3-2-4-11(15)13(9-19)16(20)12-8-10(18)6-7-14(12)17/h2-8,13H,1H3. The Hall–Kier alpha value is -1.39. The molecule has 2 rings (SSSR count). The highest BCUT2D eigenvalue weighted by molar-refractivity contribution is 14.1. The van der Waals surface area contributed by atoms with E-state index in [4.69, 9.17) is 4.74 Å². The maximum Gasteiger partial charge on any atom is 0.185 e. The molecule has 106 valence electrons. The molecule has 0 aliphatic heterocycles. The van der Waals surface area contributed by atoms with Crippen molar-refractivity contribution in [1.29, 1.82) is 5.26 Å². The summed E-state index contributed by atoms with van der Waals surface area (Å²) in [4.78, 5) is 12.7. The predicted molar refractivity (Wildman–Crippen MR) is 92.5 cm³/mol. The first-order valence-electron chi connectivity index (χ1n) is 6.10. The van der Waals surface area contributed by atoms with Gasteiger partial charge in [-0.05, 0) is 46.9 Å². The molecule has 2 aromatic carbocycles. The molecule has 2 aromatic rings. The summed E-state index contributed by atoms with van der Waals surface area (Å²) in [6, 6.07) is 14.7. The molecule has 0 fully saturated rings. The highest BCUT2D eigenvalue weighted by Crippen LogP contribution is 2.31. The number of halogens is 2. The van der Waals surface area contributed by atoms with Crippen molar-refractivity contribution in [3.63, 3.8) is 0 Å². The first-order chi connectivity index (χ1) is 10.1. The van der Waals surface area contributed by atoms with Gasteiger partial charge in [0.05, 0.1) is 13.2 Å². The number of para-hydroxylation sites is 1. The number of carbonyl (C=O) groups excluding carboxylic acids is 1. The molecule has 5 heteroatoms. The average molecular weight is 456 g/mol. The van der Waals surface area contributed by atoms with Gasteiger partial charge < -0.3 is 4.74 Å². The quantitative estimate of drug-likeness (QED) is 0.501. The van der Waals surface area contributed by atoms with E-state index < -0.39 is 5.92 Å². The van der Waals surface area contributed by atoms with Crippen molar-refractivity contribution in [3.8, 4) is 11.8 Å². The Labute approximate surface area is 145 Å². The van der Waals surface area contributed by atoms with E-state index in [1.165, 1.54) is 7.11 Å². The summed E-state index contributed by atoms with van der Waals surface area (Å²) < 4.78 is 6.88. The van der Waals surface area contributed by atoms with Crippen LogP contribution in [0.25, 0.3) is 0 Å². The molecular formula is C16H11BrINO2. The van der Waals surface area contributed by atoms with Crippen molar-refractivity contribution in [3.05, 3.63) is 61.6 Å². The van der Waals surface area contributed by atoms with Crippen molar-refractivity contribution in [1.82, 2.24) is 0 Å². The minimum absolute atomic E-state index is 0.243. The van der Waals surface area contributed by atoms with Gasteiger partial charge in [0.2, 0.25) is 0 Å². The molecule has 0 aromatic heterocycles. The van der Waals surface area contributed by atoms with Gasteiger partial charge in [0.25, 0.3) is 0 Å². The SMILES string of the molecule is COc1ccccc1C(C#N)C(=O)c1cc(I)ccc1Br. The van der Waals surface area contributed by atoms with Crippen LogP contribution in [-0.2, 0) is 0 Å². The van der Waals surface area contributed by atoms with Crippen LogP contribution in [0.1, 0.15) is 21.8 Å². The predicted octanol–water partition coefficient (Wildman–Crippen LogP) is 4.55. The van der Waals surface area contributed by atoms with Crippen LogP contribution >= 0.6 is 38.5 Å². The summed E-state index contributed by atoms with van der Waals surface area (Å²) in [5.74, 6) is -0.595. The number of benzene rings is 2. The Balaban J connectivity index is 2.49. The summed E-state index contributed by atoms with van der Waals surface area (Å²) in [6.07, 6.45) is 0. The number of nitriles is 1. The Morgan fingerprint density at radius 1 is 1.33 bits per heavy atom. The lowest BCUT2D eigenvalue weighted by Crippen LogP contribution is -2.13. The monoisotopic (exact) mass is 455 g/mol. The van der Waals surface area contributed by atoms with Gasteiger partial charge in [0.1, 0.15) is 11.7 Å². The molecule has 3 nitrogen and oxygen atoms in total. The van der Waals surface area contributed by atoms with Crippen molar-refractivity contribution < 1.29 is 9.53 Å². The minimum Gasteiger partial charge on any atom is -0.496 e. The van der Waals surface area contributed by atoms with Gasteiger partial charge in [0.15, 0.2) is 5.78 Å². The van der Waals surface area contributed by atoms with Gasteiger partial charge in [-0.1, -0.05) is 34.1 Å². The van der Waals surface area contributed by atoms with Crippen molar-refractivity contribution in [2.45, 2.75) is 5.92 Å². The van der Waals surface area contributed by atoms with E-state index in [0.29, 0.717) is 21.3 Å². The zero-order valence-electron chi connectivity index (χ0n) is 11.1. The number of ketones is 1. The molecule has 1 unspecified atom stereocenters. The number of hydrogen-bond acceptors (Lipinski definition) is 3. The molecule has 0 N–H and O–H groups in total. The first kappa shape index (κ1) is 16.0. The van der Waals surface area contributed by atoms with Gasteiger partial charge >= 0.3 is 0 Å².